The van der Waals surface area contributed by atoms with Gasteiger partial charge in [0.2, 0.25) is 0 Å². The molecule has 4 rings (SSSR count). The van der Waals surface area contributed by atoms with Crippen LogP contribution in [0.2, 0.25) is 0 Å². The Morgan fingerprint density at radius 1 is 1.16 bits per heavy atom. The summed E-state index contributed by atoms with van der Waals surface area (Å²) in [5.74, 6) is 3.27. The molecule has 0 atom stereocenters. The molecule has 0 amide bonds. The van der Waals surface area contributed by atoms with Crippen LogP contribution in [0, 0.1) is 12.8 Å². The molecule has 164 valence electrons. The van der Waals surface area contributed by atoms with E-state index in [-0.39, 0.29) is 24.0 Å². The Balaban J connectivity index is 0.00000272. The van der Waals surface area contributed by atoms with Gasteiger partial charge in [-0.05, 0) is 55.0 Å². The van der Waals surface area contributed by atoms with Crippen LogP contribution in [0.3, 0.4) is 0 Å². The molecular formula is C23H29IN6O. The Bertz CT molecular complexity index is 1000. The smallest absolute Gasteiger partial charge is 0.191 e. The van der Waals surface area contributed by atoms with Gasteiger partial charge in [-0.15, -0.1) is 24.0 Å². The van der Waals surface area contributed by atoms with Gasteiger partial charge < -0.3 is 15.4 Å². The second kappa shape index (κ2) is 11.1. The van der Waals surface area contributed by atoms with Gasteiger partial charge in [0.15, 0.2) is 5.96 Å². The highest BCUT2D eigenvalue weighted by Gasteiger charge is 2.22. The lowest BCUT2D eigenvalue weighted by Gasteiger charge is -2.15. The standard InChI is InChI=1S/C23H28N6O.HI/c1-17-3-6-20(21(11-17)30-15-18-4-5-18)14-28-23(24-2)27-13-19-7-8-26-22(12-19)29-10-9-25-16-29;/h3,6-12,16,18H,4-5,13-15H2,1-2H3,(H2,24,27,28);1H. The number of imidazole rings is 1. The van der Waals surface area contributed by atoms with Crippen LogP contribution in [0.4, 0.5) is 0 Å². The Kier molecular flexibility index (Phi) is 8.27. The highest BCUT2D eigenvalue weighted by atomic mass is 127. The van der Waals surface area contributed by atoms with Gasteiger partial charge in [0.05, 0.1) is 6.61 Å². The molecule has 1 fully saturated rings. The Labute approximate surface area is 200 Å². The summed E-state index contributed by atoms with van der Waals surface area (Å²) in [5.41, 5.74) is 3.45. The van der Waals surface area contributed by atoms with E-state index in [1.54, 1.807) is 25.8 Å². The quantitative estimate of drug-likeness (QED) is 0.262. The molecule has 1 aromatic carbocycles. The van der Waals surface area contributed by atoms with Gasteiger partial charge in [0.1, 0.15) is 17.9 Å². The first-order valence-electron chi connectivity index (χ1n) is 10.3. The summed E-state index contributed by atoms with van der Waals surface area (Å²) in [7, 11) is 1.78. The minimum absolute atomic E-state index is 0. The number of halogens is 1. The molecule has 8 heteroatoms. The molecule has 0 aliphatic heterocycles. The molecule has 0 saturated heterocycles. The van der Waals surface area contributed by atoms with E-state index in [1.165, 1.54) is 18.4 Å². The molecule has 0 spiro atoms. The summed E-state index contributed by atoms with van der Waals surface area (Å²) in [6.45, 7) is 4.19. The van der Waals surface area contributed by atoms with Crippen molar-refractivity contribution in [2.45, 2.75) is 32.9 Å². The van der Waals surface area contributed by atoms with E-state index < -0.39 is 0 Å². The highest BCUT2D eigenvalue weighted by Crippen LogP contribution is 2.30. The van der Waals surface area contributed by atoms with Gasteiger partial charge in [-0.3, -0.25) is 9.56 Å². The third kappa shape index (κ3) is 6.68. The van der Waals surface area contributed by atoms with Crippen molar-refractivity contribution < 1.29 is 4.74 Å². The van der Waals surface area contributed by atoms with Crippen LogP contribution in [-0.4, -0.2) is 34.1 Å². The van der Waals surface area contributed by atoms with Crippen LogP contribution >= 0.6 is 24.0 Å². The number of hydrogen-bond acceptors (Lipinski definition) is 4. The zero-order valence-electron chi connectivity index (χ0n) is 17.9. The van der Waals surface area contributed by atoms with Crippen LogP contribution < -0.4 is 15.4 Å². The molecule has 31 heavy (non-hydrogen) atoms. The average molecular weight is 532 g/mol. The summed E-state index contributed by atoms with van der Waals surface area (Å²) < 4.78 is 7.96. The molecule has 2 N–H and O–H groups in total. The van der Waals surface area contributed by atoms with E-state index in [1.807, 2.05) is 22.9 Å². The zero-order chi connectivity index (χ0) is 20.8. The molecule has 0 unspecified atom stereocenters. The number of nitrogens with one attached hydrogen (secondary N) is 2. The first-order chi connectivity index (χ1) is 14.7. The number of hydrogen-bond donors (Lipinski definition) is 2. The van der Waals surface area contributed by atoms with E-state index in [4.69, 9.17) is 4.74 Å². The maximum absolute atomic E-state index is 6.07. The second-order valence-corrected chi connectivity index (χ2v) is 7.64. The van der Waals surface area contributed by atoms with Crippen molar-refractivity contribution in [1.82, 2.24) is 25.2 Å². The molecule has 0 radical (unpaired) electrons. The zero-order valence-corrected chi connectivity index (χ0v) is 20.2. The lowest BCUT2D eigenvalue weighted by Crippen LogP contribution is -2.36. The molecule has 0 bridgehead atoms. The van der Waals surface area contributed by atoms with Crippen molar-refractivity contribution in [3.05, 3.63) is 71.9 Å². The Hall–Kier alpha value is -2.62. The SMILES string of the molecule is CN=C(NCc1ccnc(-n2ccnc2)c1)NCc1ccc(C)cc1OCC1CC1.I. The summed E-state index contributed by atoms with van der Waals surface area (Å²) in [5, 5.41) is 6.75. The van der Waals surface area contributed by atoms with Crippen LogP contribution in [0.5, 0.6) is 5.75 Å². The van der Waals surface area contributed by atoms with Crippen LogP contribution in [0.1, 0.15) is 29.5 Å². The Morgan fingerprint density at radius 2 is 2.00 bits per heavy atom. The normalized spacial score (nSPS) is 13.4. The van der Waals surface area contributed by atoms with E-state index in [0.717, 1.165) is 41.2 Å². The van der Waals surface area contributed by atoms with Crippen molar-refractivity contribution in [3.63, 3.8) is 0 Å². The van der Waals surface area contributed by atoms with Crippen molar-refractivity contribution in [2.75, 3.05) is 13.7 Å². The number of benzene rings is 1. The van der Waals surface area contributed by atoms with Crippen LogP contribution in [0.15, 0.2) is 60.2 Å². The minimum atomic E-state index is 0. The first kappa shape index (κ1) is 23.1. The van der Waals surface area contributed by atoms with E-state index in [0.29, 0.717) is 13.1 Å². The number of aryl methyl sites for hydroxylation is 1. The molecule has 1 saturated carbocycles. The van der Waals surface area contributed by atoms with Gasteiger partial charge in [-0.1, -0.05) is 12.1 Å². The van der Waals surface area contributed by atoms with E-state index >= 15 is 0 Å². The monoisotopic (exact) mass is 532 g/mol. The molecule has 3 aromatic rings. The van der Waals surface area contributed by atoms with Gasteiger partial charge in [-0.25, -0.2) is 9.97 Å². The number of rotatable bonds is 8. The number of aromatic nitrogens is 3. The molecule has 1 aliphatic rings. The number of nitrogens with zero attached hydrogens (tertiary/aromatic N) is 4. The summed E-state index contributed by atoms with van der Waals surface area (Å²) >= 11 is 0. The predicted molar refractivity (Wildman–Crippen MR) is 133 cm³/mol. The molecule has 2 aromatic heterocycles. The van der Waals surface area contributed by atoms with Gasteiger partial charge in [0.25, 0.3) is 0 Å². The minimum Gasteiger partial charge on any atom is -0.493 e. The van der Waals surface area contributed by atoms with Crippen molar-refractivity contribution in [3.8, 4) is 11.6 Å². The fourth-order valence-corrected chi connectivity index (χ4v) is 3.13. The second-order valence-electron chi connectivity index (χ2n) is 7.64. The number of ether oxygens (including phenoxy) is 1. The van der Waals surface area contributed by atoms with Crippen LogP contribution in [-0.2, 0) is 13.1 Å². The number of aliphatic imine (C=N–C) groups is 1. The van der Waals surface area contributed by atoms with Crippen LogP contribution in [0.25, 0.3) is 5.82 Å². The first-order valence-corrected chi connectivity index (χ1v) is 10.3. The van der Waals surface area contributed by atoms with Crippen molar-refractivity contribution in [2.24, 2.45) is 10.9 Å². The van der Waals surface area contributed by atoms with Gasteiger partial charge >= 0.3 is 0 Å². The van der Waals surface area contributed by atoms with E-state index in [2.05, 4.69) is 50.7 Å². The third-order valence-corrected chi connectivity index (χ3v) is 5.10. The highest BCUT2D eigenvalue weighted by molar-refractivity contribution is 14.0. The lowest BCUT2D eigenvalue weighted by atomic mass is 10.1. The molecule has 7 nitrogen and oxygen atoms in total. The van der Waals surface area contributed by atoms with Crippen molar-refractivity contribution in [1.29, 1.82) is 0 Å². The number of pyridine rings is 1. The van der Waals surface area contributed by atoms with E-state index in [9.17, 15) is 0 Å². The number of guanidine groups is 1. The largest absolute Gasteiger partial charge is 0.493 e. The summed E-state index contributed by atoms with van der Waals surface area (Å²) in [4.78, 5) is 12.8. The maximum Gasteiger partial charge on any atom is 0.191 e. The van der Waals surface area contributed by atoms with Crippen molar-refractivity contribution >= 4 is 29.9 Å². The van der Waals surface area contributed by atoms with Gasteiger partial charge in [0, 0.05) is 44.3 Å². The topological polar surface area (TPSA) is 76.4 Å². The third-order valence-electron chi connectivity index (χ3n) is 5.10. The lowest BCUT2D eigenvalue weighted by molar-refractivity contribution is 0.296. The van der Waals surface area contributed by atoms with Gasteiger partial charge in [-0.2, -0.15) is 0 Å². The molecule has 1 aliphatic carbocycles. The fraction of sp³-hybridized carbons (Fsp3) is 0.348. The Morgan fingerprint density at radius 3 is 2.74 bits per heavy atom. The summed E-state index contributed by atoms with van der Waals surface area (Å²) in [6, 6.07) is 10.4. The molecular weight excluding hydrogens is 503 g/mol. The summed E-state index contributed by atoms with van der Waals surface area (Å²) in [6.07, 6.45) is 9.74. The predicted octanol–water partition coefficient (Wildman–Crippen LogP) is 3.85. The maximum atomic E-state index is 6.07. The molecule has 2 heterocycles. The average Bonchev–Trinajstić information content (AvgIpc) is 3.44. The fourth-order valence-electron chi connectivity index (χ4n) is 3.13.